The predicted molar refractivity (Wildman–Crippen MR) is 57.5 cm³/mol. The molecule has 0 unspecified atom stereocenters. The number of nitro groups is 1. The van der Waals surface area contributed by atoms with Gasteiger partial charge in [-0.25, -0.2) is 4.79 Å². The summed E-state index contributed by atoms with van der Waals surface area (Å²) in [6.07, 6.45) is 0. The zero-order valence-electron chi connectivity index (χ0n) is 7.61. The first-order valence-corrected chi connectivity index (χ1v) is 5.04. The molecule has 1 rings (SSSR count). The standard InChI is InChI=1S/C8H5BrNO4Si/c1-14-8(11)5-2-4(9)3-6(7(5)15)10(12)13/h2-3H,1H3. The van der Waals surface area contributed by atoms with Crippen molar-refractivity contribution in [3.05, 3.63) is 32.3 Å². The molecule has 0 fully saturated rings. The molecule has 0 aromatic heterocycles. The minimum atomic E-state index is -0.635. The van der Waals surface area contributed by atoms with Crippen LogP contribution < -0.4 is 5.19 Å². The lowest BCUT2D eigenvalue weighted by Crippen LogP contribution is -2.20. The quantitative estimate of drug-likeness (QED) is 0.351. The van der Waals surface area contributed by atoms with Gasteiger partial charge in [0.1, 0.15) is 0 Å². The summed E-state index contributed by atoms with van der Waals surface area (Å²) in [5.41, 5.74) is -0.0864. The van der Waals surface area contributed by atoms with Crippen LogP contribution in [0.5, 0.6) is 0 Å². The van der Waals surface area contributed by atoms with E-state index in [4.69, 9.17) is 0 Å². The highest BCUT2D eigenvalue weighted by atomic mass is 79.9. The molecule has 3 radical (unpaired) electrons. The molecule has 0 aliphatic rings. The monoisotopic (exact) mass is 286 g/mol. The summed E-state index contributed by atoms with van der Waals surface area (Å²) in [5.74, 6) is -0.635. The lowest BCUT2D eigenvalue weighted by Gasteiger charge is -2.05. The van der Waals surface area contributed by atoms with Gasteiger partial charge in [0.25, 0.3) is 5.69 Å². The van der Waals surface area contributed by atoms with Crippen LogP contribution in [0.1, 0.15) is 10.4 Å². The molecule has 77 valence electrons. The Bertz CT molecular complexity index is 435. The molecule has 1 aromatic rings. The number of hydrogen-bond acceptors (Lipinski definition) is 4. The van der Waals surface area contributed by atoms with E-state index in [9.17, 15) is 14.9 Å². The maximum Gasteiger partial charge on any atom is 0.337 e. The van der Waals surface area contributed by atoms with E-state index in [1.165, 1.54) is 19.2 Å². The molecular formula is C8H5BrNO4Si. The number of hydrogen-bond donors (Lipinski definition) is 0. The minimum Gasteiger partial charge on any atom is -0.465 e. The number of rotatable bonds is 2. The molecular weight excluding hydrogens is 282 g/mol. The van der Waals surface area contributed by atoms with Gasteiger partial charge in [-0.1, -0.05) is 15.9 Å². The molecule has 0 spiro atoms. The number of carbonyl (C=O) groups is 1. The molecule has 1 aromatic carbocycles. The second-order valence-corrected chi connectivity index (χ2v) is 4.01. The molecule has 0 N–H and O–H groups in total. The van der Waals surface area contributed by atoms with Crippen molar-refractivity contribution in [2.75, 3.05) is 7.11 Å². The maximum atomic E-state index is 11.3. The fourth-order valence-electron chi connectivity index (χ4n) is 1.01. The van der Waals surface area contributed by atoms with Gasteiger partial charge < -0.3 is 4.74 Å². The number of nitro benzene ring substituents is 1. The average molecular weight is 287 g/mol. The van der Waals surface area contributed by atoms with Gasteiger partial charge in [0.2, 0.25) is 0 Å². The van der Waals surface area contributed by atoms with Crippen molar-refractivity contribution < 1.29 is 14.5 Å². The minimum absolute atomic E-state index is 0.107. The zero-order valence-corrected chi connectivity index (χ0v) is 10.2. The summed E-state index contributed by atoms with van der Waals surface area (Å²) in [7, 11) is 4.26. The number of esters is 1. The normalized spacial score (nSPS) is 9.80. The number of benzene rings is 1. The van der Waals surface area contributed by atoms with Gasteiger partial charge in [-0.2, -0.15) is 0 Å². The van der Waals surface area contributed by atoms with Gasteiger partial charge in [-0.05, 0) is 6.07 Å². The van der Waals surface area contributed by atoms with Crippen LogP contribution in [0.25, 0.3) is 0 Å². The Kier molecular flexibility index (Phi) is 3.59. The molecule has 0 amide bonds. The van der Waals surface area contributed by atoms with Crippen LogP contribution in [-0.2, 0) is 4.74 Å². The van der Waals surface area contributed by atoms with Crippen LogP contribution in [0.2, 0.25) is 0 Å². The predicted octanol–water partition coefficient (Wildman–Crippen LogP) is 0.938. The summed E-state index contributed by atoms with van der Waals surface area (Å²) >= 11 is 3.08. The maximum absolute atomic E-state index is 11.3. The molecule has 0 heterocycles. The fourth-order valence-corrected chi connectivity index (χ4v) is 1.79. The van der Waals surface area contributed by atoms with Gasteiger partial charge in [0, 0.05) is 15.7 Å². The summed E-state index contributed by atoms with van der Waals surface area (Å²) in [4.78, 5) is 21.3. The Labute approximate surface area is 97.1 Å². The highest BCUT2D eigenvalue weighted by molar-refractivity contribution is 9.10. The lowest BCUT2D eigenvalue weighted by molar-refractivity contribution is -0.383. The van der Waals surface area contributed by atoms with Gasteiger partial charge in [-0.15, -0.1) is 0 Å². The van der Waals surface area contributed by atoms with E-state index < -0.39 is 10.9 Å². The molecule has 0 aliphatic heterocycles. The van der Waals surface area contributed by atoms with Crippen LogP contribution >= 0.6 is 15.9 Å². The van der Waals surface area contributed by atoms with Crippen LogP contribution in [0.4, 0.5) is 5.69 Å². The molecule has 7 heteroatoms. The van der Waals surface area contributed by atoms with Crippen molar-refractivity contribution in [3.63, 3.8) is 0 Å². The Morgan fingerprint density at radius 2 is 2.20 bits per heavy atom. The van der Waals surface area contributed by atoms with Crippen molar-refractivity contribution in [1.29, 1.82) is 0 Å². The van der Waals surface area contributed by atoms with E-state index in [1.807, 2.05) is 0 Å². The third-order valence-electron chi connectivity index (χ3n) is 1.68. The summed E-state index contributed by atoms with van der Waals surface area (Å²) in [6.45, 7) is 0. The van der Waals surface area contributed by atoms with Gasteiger partial charge in [0.15, 0.2) is 0 Å². The summed E-state index contributed by atoms with van der Waals surface area (Å²) in [5, 5.41) is 10.7. The first-order valence-electron chi connectivity index (χ1n) is 3.75. The second kappa shape index (κ2) is 4.54. The molecule has 0 bridgehead atoms. The van der Waals surface area contributed by atoms with E-state index in [2.05, 4.69) is 30.9 Å². The lowest BCUT2D eigenvalue weighted by atomic mass is 10.2. The van der Waals surface area contributed by atoms with E-state index in [0.29, 0.717) is 4.47 Å². The second-order valence-electron chi connectivity index (χ2n) is 2.60. The van der Waals surface area contributed by atoms with Crippen LogP contribution in [0.3, 0.4) is 0 Å². The highest BCUT2D eigenvalue weighted by Gasteiger charge is 2.19. The van der Waals surface area contributed by atoms with Crippen molar-refractivity contribution >= 4 is 43.0 Å². The highest BCUT2D eigenvalue weighted by Crippen LogP contribution is 2.19. The molecule has 0 saturated heterocycles. The molecule has 0 aliphatic carbocycles. The number of halogens is 1. The molecule has 15 heavy (non-hydrogen) atoms. The molecule has 0 saturated carbocycles. The third kappa shape index (κ3) is 2.42. The Hall–Kier alpha value is -1.21. The average Bonchev–Trinajstić information content (AvgIpc) is 2.19. The number of methoxy groups -OCH3 is 1. The van der Waals surface area contributed by atoms with Crippen LogP contribution in [-0.4, -0.2) is 28.2 Å². The van der Waals surface area contributed by atoms with Crippen molar-refractivity contribution in [3.8, 4) is 0 Å². The van der Waals surface area contributed by atoms with Gasteiger partial charge in [0.05, 0.1) is 27.8 Å². The zero-order chi connectivity index (χ0) is 11.6. The number of ether oxygens (including phenoxy) is 1. The van der Waals surface area contributed by atoms with Crippen molar-refractivity contribution in [2.45, 2.75) is 0 Å². The van der Waals surface area contributed by atoms with E-state index in [0.717, 1.165) is 0 Å². The summed E-state index contributed by atoms with van der Waals surface area (Å²) < 4.78 is 4.93. The van der Waals surface area contributed by atoms with E-state index in [1.54, 1.807) is 0 Å². The third-order valence-corrected chi connectivity index (χ3v) is 2.67. The van der Waals surface area contributed by atoms with Crippen LogP contribution in [0, 0.1) is 10.1 Å². The fraction of sp³-hybridized carbons (Fsp3) is 0.125. The molecule has 0 atom stereocenters. The van der Waals surface area contributed by atoms with Crippen molar-refractivity contribution in [2.24, 2.45) is 0 Å². The Balaban J connectivity index is 3.41. The van der Waals surface area contributed by atoms with E-state index >= 15 is 0 Å². The number of carbonyl (C=O) groups excluding carboxylic acids is 1. The number of nitrogens with zero attached hydrogens (tertiary/aromatic N) is 1. The largest absolute Gasteiger partial charge is 0.465 e. The van der Waals surface area contributed by atoms with Crippen LogP contribution in [0.15, 0.2) is 16.6 Å². The van der Waals surface area contributed by atoms with Gasteiger partial charge >= 0.3 is 5.97 Å². The van der Waals surface area contributed by atoms with Crippen molar-refractivity contribution in [1.82, 2.24) is 0 Å². The summed E-state index contributed by atoms with van der Waals surface area (Å²) in [6, 6.07) is 2.75. The topological polar surface area (TPSA) is 69.4 Å². The molecule has 5 nitrogen and oxygen atoms in total. The first-order chi connectivity index (χ1) is 6.97. The Morgan fingerprint density at radius 3 is 2.67 bits per heavy atom. The van der Waals surface area contributed by atoms with E-state index in [-0.39, 0.29) is 16.4 Å². The smallest absolute Gasteiger partial charge is 0.337 e. The van der Waals surface area contributed by atoms with Gasteiger partial charge in [-0.3, -0.25) is 10.1 Å². The first kappa shape index (κ1) is 11.9. The SMILES string of the molecule is COC(=O)c1cc(Br)cc([N+](=O)[O-])c1[Si]. The Morgan fingerprint density at radius 1 is 1.60 bits per heavy atom.